The van der Waals surface area contributed by atoms with Crippen LogP contribution in [0.3, 0.4) is 0 Å². The van der Waals surface area contributed by atoms with Crippen LogP contribution in [0.2, 0.25) is 0 Å². The fourth-order valence-corrected chi connectivity index (χ4v) is 1.39. The van der Waals surface area contributed by atoms with E-state index >= 15 is 0 Å². The molecule has 0 aliphatic heterocycles. The highest BCUT2D eigenvalue weighted by Gasteiger charge is 2.01. The topological polar surface area (TPSA) is 12.0 Å². The molecule has 0 amide bonds. The molecule has 0 radical (unpaired) electrons. The van der Waals surface area contributed by atoms with Crippen molar-refractivity contribution in [2.75, 3.05) is 6.54 Å². The van der Waals surface area contributed by atoms with Crippen molar-refractivity contribution < 1.29 is 0 Å². The van der Waals surface area contributed by atoms with Gasteiger partial charge in [-0.3, -0.25) is 0 Å². The van der Waals surface area contributed by atoms with E-state index in [-0.39, 0.29) is 0 Å². The van der Waals surface area contributed by atoms with E-state index in [1.54, 1.807) is 0 Å². The first-order valence-corrected chi connectivity index (χ1v) is 5.83. The third-order valence-corrected chi connectivity index (χ3v) is 2.42. The zero-order chi connectivity index (χ0) is 10.8. The summed E-state index contributed by atoms with van der Waals surface area (Å²) in [7, 11) is 0. The number of rotatable bonds is 8. The Morgan fingerprint density at radius 2 is 1.86 bits per heavy atom. The first kappa shape index (κ1) is 13.5. The van der Waals surface area contributed by atoms with Gasteiger partial charge in [0.05, 0.1) is 0 Å². The van der Waals surface area contributed by atoms with Gasteiger partial charge in [-0.05, 0) is 45.1 Å². The van der Waals surface area contributed by atoms with E-state index in [1.807, 2.05) is 0 Å². The van der Waals surface area contributed by atoms with Crippen LogP contribution < -0.4 is 5.32 Å². The van der Waals surface area contributed by atoms with Gasteiger partial charge in [0.1, 0.15) is 0 Å². The molecule has 1 nitrogen and oxygen atoms in total. The van der Waals surface area contributed by atoms with Crippen LogP contribution in [0.1, 0.15) is 52.9 Å². The van der Waals surface area contributed by atoms with Crippen molar-refractivity contribution in [3.8, 4) is 12.3 Å². The van der Waals surface area contributed by atoms with Crippen LogP contribution in [-0.2, 0) is 0 Å². The lowest BCUT2D eigenvalue weighted by Crippen LogP contribution is -2.27. The molecule has 1 unspecified atom stereocenters. The van der Waals surface area contributed by atoms with Gasteiger partial charge in [0.25, 0.3) is 0 Å². The summed E-state index contributed by atoms with van der Waals surface area (Å²) in [5.74, 6) is 3.49. The monoisotopic (exact) mass is 195 g/mol. The van der Waals surface area contributed by atoms with E-state index in [9.17, 15) is 0 Å². The van der Waals surface area contributed by atoms with Crippen molar-refractivity contribution in [3.05, 3.63) is 0 Å². The molecule has 1 N–H and O–H groups in total. The lowest BCUT2D eigenvalue weighted by molar-refractivity contribution is 0.446. The summed E-state index contributed by atoms with van der Waals surface area (Å²) >= 11 is 0. The quantitative estimate of drug-likeness (QED) is 0.463. The second kappa shape index (κ2) is 9.09. The van der Waals surface area contributed by atoms with Crippen LogP contribution in [0.15, 0.2) is 0 Å². The van der Waals surface area contributed by atoms with Gasteiger partial charge < -0.3 is 5.32 Å². The minimum atomic E-state index is 0.656. The van der Waals surface area contributed by atoms with Crippen molar-refractivity contribution in [1.29, 1.82) is 0 Å². The average Bonchev–Trinajstić information content (AvgIpc) is 2.14. The average molecular weight is 195 g/mol. The van der Waals surface area contributed by atoms with Crippen molar-refractivity contribution >= 4 is 0 Å². The zero-order valence-corrected chi connectivity index (χ0v) is 9.97. The van der Waals surface area contributed by atoms with Crippen molar-refractivity contribution in [1.82, 2.24) is 5.32 Å². The van der Waals surface area contributed by atoms with Crippen molar-refractivity contribution in [3.63, 3.8) is 0 Å². The molecular weight excluding hydrogens is 170 g/mol. The molecule has 0 aromatic carbocycles. The summed E-state index contributed by atoms with van der Waals surface area (Å²) in [5.41, 5.74) is 0. The van der Waals surface area contributed by atoms with Gasteiger partial charge >= 0.3 is 0 Å². The fourth-order valence-electron chi connectivity index (χ4n) is 1.39. The maximum atomic E-state index is 5.18. The smallest absolute Gasteiger partial charge is 0.00865 e. The predicted molar refractivity (Wildman–Crippen MR) is 64.2 cm³/mol. The lowest BCUT2D eigenvalue weighted by atomic mass is 10.0. The van der Waals surface area contributed by atoms with Gasteiger partial charge in [-0.2, -0.15) is 0 Å². The summed E-state index contributed by atoms with van der Waals surface area (Å²) < 4.78 is 0. The molecule has 0 aliphatic carbocycles. The minimum Gasteiger partial charge on any atom is -0.314 e. The SMILES string of the molecule is C#CCCCCNC(C)CCC(C)C. The van der Waals surface area contributed by atoms with Crippen molar-refractivity contribution in [2.24, 2.45) is 5.92 Å². The molecule has 0 fully saturated rings. The Morgan fingerprint density at radius 3 is 2.43 bits per heavy atom. The van der Waals surface area contributed by atoms with Crippen LogP contribution in [0.4, 0.5) is 0 Å². The Bertz CT molecular complexity index is 155. The number of nitrogens with one attached hydrogen (secondary N) is 1. The van der Waals surface area contributed by atoms with Crippen LogP contribution in [0, 0.1) is 18.3 Å². The fraction of sp³-hybridized carbons (Fsp3) is 0.846. The van der Waals surface area contributed by atoms with Gasteiger partial charge in [0, 0.05) is 12.5 Å². The molecule has 14 heavy (non-hydrogen) atoms. The summed E-state index contributed by atoms with van der Waals surface area (Å²) in [5, 5.41) is 3.53. The van der Waals surface area contributed by atoms with Crippen LogP contribution >= 0.6 is 0 Å². The maximum Gasteiger partial charge on any atom is 0.00865 e. The molecule has 0 saturated heterocycles. The summed E-state index contributed by atoms with van der Waals surface area (Å²) in [6.07, 6.45) is 11.1. The van der Waals surface area contributed by atoms with Crippen molar-refractivity contribution in [2.45, 2.75) is 58.9 Å². The predicted octanol–water partition coefficient (Wildman–Crippen LogP) is 3.20. The van der Waals surface area contributed by atoms with E-state index in [2.05, 4.69) is 32.0 Å². The third-order valence-electron chi connectivity index (χ3n) is 2.42. The lowest BCUT2D eigenvalue weighted by Gasteiger charge is -2.14. The van der Waals surface area contributed by atoms with E-state index in [0.717, 1.165) is 25.3 Å². The second-order valence-electron chi connectivity index (χ2n) is 4.49. The summed E-state index contributed by atoms with van der Waals surface area (Å²) in [6.45, 7) is 7.93. The molecule has 0 spiro atoms. The summed E-state index contributed by atoms with van der Waals surface area (Å²) in [4.78, 5) is 0. The molecular formula is C13H25N. The number of terminal acetylenes is 1. The molecule has 82 valence electrons. The molecule has 1 heteroatoms. The standard InChI is InChI=1S/C13H25N/c1-5-6-7-8-11-14-13(4)10-9-12(2)3/h1,12-14H,6-11H2,2-4H3. The Balaban J connectivity index is 3.19. The highest BCUT2D eigenvalue weighted by Crippen LogP contribution is 2.06. The van der Waals surface area contributed by atoms with Gasteiger partial charge in [0.15, 0.2) is 0 Å². The first-order chi connectivity index (χ1) is 6.66. The third kappa shape index (κ3) is 9.61. The van der Waals surface area contributed by atoms with Gasteiger partial charge in [0.2, 0.25) is 0 Å². The molecule has 0 aromatic rings. The number of hydrogen-bond acceptors (Lipinski definition) is 1. The van der Waals surface area contributed by atoms with Crippen LogP contribution in [0.25, 0.3) is 0 Å². The molecule has 0 aromatic heterocycles. The Morgan fingerprint density at radius 1 is 1.14 bits per heavy atom. The highest BCUT2D eigenvalue weighted by atomic mass is 14.9. The first-order valence-electron chi connectivity index (χ1n) is 5.83. The summed E-state index contributed by atoms with van der Waals surface area (Å²) in [6, 6.07) is 0.656. The van der Waals surface area contributed by atoms with E-state index in [1.165, 1.54) is 19.3 Å². The normalized spacial score (nSPS) is 12.8. The van der Waals surface area contributed by atoms with Crippen LogP contribution in [-0.4, -0.2) is 12.6 Å². The highest BCUT2D eigenvalue weighted by molar-refractivity contribution is 4.82. The maximum absolute atomic E-state index is 5.18. The molecule has 0 heterocycles. The van der Waals surface area contributed by atoms with E-state index in [0.29, 0.717) is 6.04 Å². The van der Waals surface area contributed by atoms with Gasteiger partial charge in [-0.15, -0.1) is 12.3 Å². The molecule has 0 bridgehead atoms. The Hall–Kier alpha value is -0.480. The largest absolute Gasteiger partial charge is 0.314 e. The molecule has 0 rings (SSSR count). The van der Waals surface area contributed by atoms with E-state index < -0.39 is 0 Å². The zero-order valence-electron chi connectivity index (χ0n) is 9.97. The van der Waals surface area contributed by atoms with Gasteiger partial charge in [-0.25, -0.2) is 0 Å². The number of hydrogen-bond donors (Lipinski definition) is 1. The Labute approximate surface area is 89.7 Å². The minimum absolute atomic E-state index is 0.656. The second-order valence-corrected chi connectivity index (χ2v) is 4.49. The number of unbranched alkanes of at least 4 members (excludes halogenated alkanes) is 2. The van der Waals surface area contributed by atoms with Crippen LogP contribution in [0.5, 0.6) is 0 Å². The Kier molecular flexibility index (Phi) is 8.78. The van der Waals surface area contributed by atoms with Gasteiger partial charge in [-0.1, -0.05) is 13.8 Å². The molecule has 0 aliphatic rings. The molecule has 0 saturated carbocycles. The molecule has 1 atom stereocenters. The van der Waals surface area contributed by atoms with E-state index in [4.69, 9.17) is 6.42 Å².